The molecule has 0 atom stereocenters. The van der Waals surface area contributed by atoms with Gasteiger partial charge in [0.15, 0.2) is 4.96 Å². The minimum absolute atomic E-state index is 0.0120. The average Bonchev–Trinajstić information content (AvgIpc) is 3.12. The molecule has 2 aliphatic rings. The van der Waals surface area contributed by atoms with Crippen molar-refractivity contribution >= 4 is 22.0 Å². The number of hydrogen-bond donors (Lipinski definition) is 0. The van der Waals surface area contributed by atoms with E-state index in [0.29, 0.717) is 38.4 Å². The highest BCUT2D eigenvalue weighted by molar-refractivity contribution is 7.17. The van der Waals surface area contributed by atoms with Crippen molar-refractivity contribution in [3.8, 4) is 0 Å². The number of aryl methyl sites for hydroxylation is 2. The molecule has 5 rings (SSSR count). The average molecular weight is 449 g/mol. The van der Waals surface area contributed by atoms with Crippen LogP contribution in [-0.2, 0) is 25.6 Å². The van der Waals surface area contributed by atoms with Crippen LogP contribution in [0.3, 0.4) is 0 Å². The number of rotatable bonds is 3. The number of nitrogens with zero attached hydrogens (tertiary/aromatic N) is 4. The maximum atomic E-state index is 13.0. The maximum absolute atomic E-state index is 13.0. The Kier molecular flexibility index (Phi) is 5.26. The maximum Gasteiger partial charge on any atom is 0.416 e. The Morgan fingerprint density at radius 1 is 1.03 bits per heavy atom. The Morgan fingerprint density at radius 3 is 2.58 bits per heavy atom. The summed E-state index contributed by atoms with van der Waals surface area (Å²) in [5.41, 5.74) is 1.85. The van der Waals surface area contributed by atoms with E-state index in [-0.39, 0.29) is 5.56 Å². The van der Waals surface area contributed by atoms with Gasteiger partial charge >= 0.3 is 6.18 Å². The highest BCUT2D eigenvalue weighted by atomic mass is 32.1. The fourth-order valence-electron chi connectivity index (χ4n) is 4.49. The number of anilines is 1. The summed E-state index contributed by atoms with van der Waals surface area (Å²) < 4.78 is 40.8. The standard InChI is InChI=1S/C22H23F3N4OS/c23-22(24,25)15-4-3-5-17(12-15)28-10-8-27(9-11-28)14-16-13-20(30)29-18-6-1-2-7-19(18)31-21(29)26-16/h3-5,12-13H,1-2,6-11,14H2. The van der Waals surface area contributed by atoms with E-state index in [4.69, 9.17) is 4.98 Å². The SMILES string of the molecule is O=c1cc(CN2CCN(c3cccc(C(F)(F)F)c3)CC2)nc2sc3c(n12)CCCC3. The molecule has 0 saturated carbocycles. The van der Waals surface area contributed by atoms with Crippen LogP contribution in [0.1, 0.15) is 34.7 Å². The lowest BCUT2D eigenvalue weighted by Crippen LogP contribution is -2.46. The van der Waals surface area contributed by atoms with Crippen molar-refractivity contribution in [1.29, 1.82) is 0 Å². The lowest BCUT2D eigenvalue weighted by molar-refractivity contribution is -0.137. The van der Waals surface area contributed by atoms with Crippen LogP contribution >= 0.6 is 11.3 Å². The third kappa shape index (κ3) is 4.08. The number of piperazine rings is 1. The summed E-state index contributed by atoms with van der Waals surface area (Å²) in [5, 5.41) is 0. The molecule has 0 N–H and O–H groups in total. The van der Waals surface area contributed by atoms with Crippen molar-refractivity contribution in [3.05, 3.63) is 62.5 Å². The van der Waals surface area contributed by atoms with Gasteiger partial charge in [0, 0.05) is 55.0 Å². The van der Waals surface area contributed by atoms with Gasteiger partial charge in [-0.05, 0) is 43.9 Å². The molecular formula is C22H23F3N4OS. The summed E-state index contributed by atoms with van der Waals surface area (Å²) in [7, 11) is 0. The van der Waals surface area contributed by atoms with Crippen molar-refractivity contribution in [2.45, 2.75) is 38.4 Å². The van der Waals surface area contributed by atoms with Crippen LogP contribution in [0.25, 0.3) is 4.96 Å². The van der Waals surface area contributed by atoms with Crippen LogP contribution in [0.5, 0.6) is 0 Å². The van der Waals surface area contributed by atoms with Gasteiger partial charge in [0.2, 0.25) is 0 Å². The van der Waals surface area contributed by atoms with Crippen molar-refractivity contribution in [2.24, 2.45) is 0 Å². The fraction of sp³-hybridized carbons (Fsp3) is 0.455. The Morgan fingerprint density at radius 2 is 1.81 bits per heavy atom. The van der Waals surface area contributed by atoms with E-state index in [1.54, 1.807) is 27.9 Å². The molecule has 3 aromatic rings. The Labute approximate surface area is 181 Å². The largest absolute Gasteiger partial charge is 0.416 e. The Balaban J connectivity index is 1.28. The van der Waals surface area contributed by atoms with Crippen LogP contribution in [0.2, 0.25) is 0 Å². The second kappa shape index (κ2) is 7.94. The molecule has 0 unspecified atom stereocenters. The van der Waals surface area contributed by atoms with Gasteiger partial charge in [-0.1, -0.05) is 6.07 Å². The van der Waals surface area contributed by atoms with Crippen LogP contribution in [-0.4, -0.2) is 40.5 Å². The van der Waals surface area contributed by atoms with Crippen LogP contribution < -0.4 is 10.5 Å². The Hall–Kier alpha value is -2.39. The molecule has 2 aromatic heterocycles. The molecule has 1 saturated heterocycles. The lowest BCUT2D eigenvalue weighted by atomic mass is 10.0. The Bertz CT molecular complexity index is 1160. The molecule has 1 aliphatic carbocycles. The van der Waals surface area contributed by atoms with E-state index in [1.807, 2.05) is 4.90 Å². The topological polar surface area (TPSA) is 40.9 Å². The van der Waals surface area contributed by atoms with Gasteiger partial charge in [0.05, 0.1) is 11.3 Å². The molecule has 164 valence electrons. The van der Waals surface area contributed by atoms with Crippen LogP contribution in [0.15, 0.2) is 35.1 Å². The van der Waals surface area contributed by atoms with E-state index in [2.05, 4.69) is 4.90 Å². The van der Waals surface area contributed by atoms with Crippen molar-refractivity contribution in [2.75, 3.05) is 31.1 Å². The molecule has 9 heteroatoms. The summed E-state index contributed by atoms with van der Waals surface area (Å²) in [6, 6.07) is 7.12. The highest BCUT2D eigenvalue weighted by Crippen LogP contribution is 2.32. The van der Waals surface area contributed by atoms with E-state index in [1.165, 1.54) is 17.0 Å². The second-order valence-electron chi connectivity index (χ2n) is 8.19. The van der Waals surface area contributed by atoms with Gasteiger partial charge < -0.3 is 4.90 Å². The van der Waals surface area contributed by atoms with Gasteiger partial charge in [-0.2, -0.15) is 13.2 Å². The lowest BCUT2D eigenvalue weighted by Gasteiger charge is -2.36. The minimum atomic E-state index is -4.34. The molecular weight excluding hydrogens is 425 g/mol. The van der Waals surface area contributed by atoms with Gasteiger partial charge in [0.1, 0.15) is 0 Å². The third-order valence-electron chi connectivity index (χ3n) is 6.11. The first-order valence-electron chi connectivity index (χ1n) is 10.6. The van der Waals surface area contributed by atoms with Crippen molar-refractivity contribution in [3.63, 3.8) is 0 Å². The minimum Gasteiger partial charge on any atom is -0.369 e. The monoisotopic (exact) mass is 448 g/mol. The number of benzene rings is 1. The predicted octanol–water partition coefficient (Wildman–Crippen LogP) is 3.98. The molecule has 5 nitrogen and oxygen atoms in total. The summed E-state index contributed by atoms with van der Waals surface area (Å²) in [4.78, 5) is 23.7. The van der Waals surface area contributed by atoms with Crippen LogP contribution in [0, 0.1) is 0 Å². The molecule has 1 fully saturated rings. The zero-order valence-electron chi connectivity index (χ0n) is 17.0. The molecule has 0 amide bonds. The summed E-state index contributed by atoms with van der Waals surface area (Å²) in [6.45, 7) is 3.26. The molecule has 0 radical (unpaired) electrons. The van der Waals surface area contributed by atoms with Crippen LogP contribution in [0.4, 0.5) is 18.9 Å². The third-order valence-corrected chi connectivity index (χ3v) is 7.25. The zero-order chi connectivity index (χ0) is 21.6. The predicted molar refractivity (Wildman–Crippen MR) is 115 cm³/mol. The van der Waals surface area contributed by atoms with Gasteiger partial charge in [-0.15, -0.1) is 11.3 Å². The van der Waals surface area contributed by atoms with E-state index < -0.39 is 11.7 Å². The quantitative estimate of drug-likeness (QED) is 0.608. The number of thiazole rings is 1. The summed E-state index contributed by atoms with van der Waals surface area (Å²) in [5.74, 6) is 0. The number of halogens is 3. The normalized spacial score (nSPS) is 17.8. The number of hydrogen-bond acceptors (Lipinski definition) is 5. The van der Waals surface area contributed by atoms with Gasteiger partial charge in [-0.25, -0.2) is 4.98 Å². The zero-order valence-corrected chi connectivity index (χ0v) is 17.8. The first-order valence-corrected chi connectivity index (χ1v) is 11.4. The number of aromatic nitrogens is 2. The van der Waals surface area contributed by atoms with E-state index >= 15 is 0 Å². The molecule has 1 aromatic carbocycles. The van der Waals surface area contributed by atoms with Crippen molar-refractivity contribution < 1.29 is 13.2 Å². The van der Waals surface area contributed by atoms with Gasteiger partial charge in [-0.3, -0.25) is 14.1 Å². The summed E-state index contributed by atoms with van der Waals surface area (Å²) in [6.07, 6.45) is -0.0959. The second-order valence-corrected chi connectivity index (χ2v) is 9.26. The highest BCUT2D eigenvalue weighted by Gasteiger charge is 2.31. The molecule has 0 spiro atoms. The number of alkyl halides is 3. The first kappa shape index (κ1) is 20.5. The molecule has 3 heterocycles. The van der Waals surface area contributed by atoms with Gasteiger partial charge in [0.25, 0.3) is 5.56 Å². The molecule has 0 bridgehead atoms. The first-order chi connectivity index (χ1) is 14.9. The van der Waals surface area contributed by atoms with E-state index in [9.17, 15) is 18.0 Å². The summed E-state index contributed by atoms with van der Waals surface area (Å²) >= 11 is 1.62. The van der Waals surface area contributed by atoms with E-state index in [0.717, 1.165) is 48.1 Å². The number of fused-ring (bicyclic) bond motifs is 3. The van der Waals surface area contributed by atoms with Crippen molar-refractivity contribution in [1.82, 2.24) is 14.3 Å². The smallest absolute Gasteiger partial charge is 0.369 e. The fourth-order valence-corrected chi connectivity index (χ4v) is 5.73. The molecule has 31 heavy (non-hydrogen) atoms. The molecule has 1 aliphatic heterocycles.